The Kier molecular flexibility index (Phi) is 4.39. The number of carbonyl (C=O) groups is 1. The van der Waals surface area contributed by atoms with Gasteiger partial charge in [0.1, 0.15) is 5.75 Å². The van der Waals surface area contributed by atoms with Crippen LogP contribution in [0, 0.1) is 0 Å². The Morgan fingerprint density at radius 2 is 2.05 bits per heavy atom. The lowest BCUT2D eigenvalue weighted by Gasteiger charge is -2.31. The third-order valence-corrected chi connectivity index (χ3v) is 3.42. The summed E-state index contributed by atoms with van der Waals surface area (Å²) in [6.45, 7) is 3.55. The molecule has 0 aromatic heterocycles. The lowest BCUT2D eigenvalue weighted by molar-refractivity contribution is -0.120. The van der Waals surface area contributed by atoms with Crippen molar-refractivity contribution in [2.24, 2.45) is 0 Å². The number of hydrogen-bond donors (Lipinski definition) is 2. The van der Waals surface area contributed by atoms with E-state index in [9.17, 15) is 4.79 Å². The van der Waals surface area contributed by atoms with Gasteiger partial charge in [0, 0.05) is 26.2 Å². The van der Waals surface area contributed by atoms with Gasteiger partial charge in [-0.25, -0.2) is 0 Å². The van der Waals surface area contributed by atoms with E-state index in [1.807, 2.05) is 24.3 Å². The molecule has 0 bridgehead atoms. The molecule has 2 unspecified atom stereocenters. The van der Waals surface area contributed by atoms with Crippen LogP contribution in [0.3, 0.4) is 0 Å². The van der Waals surface area contributed by atoms with Gasteiger partial charge in [0.15, 0.2) is 0 Å². The second-order valence-corrected chi connectivity index (χ2v) is 4.84. The van der Waals surface area contributed by atoms with Crippen LogP contribution in [-0.2, 0) is 4.79 Å². The number of nitrogens with zero attached hydrogens (tertiary/aromatic N) is 1. The first-order chi connectivity index (χ1) is 9.13. The average molecular weight is 263 g/mol. The maximum atomic E-state index is 12.4. The van der Waals surface area contributed by atoms with Gasteiger partial charge in [-0.05, 0) is 19.1 Å². The number of hydrogen-bond acceptors (Lipinski definition) is 4. The van der Waals surface area contributed by atoms with E-state index in [1.165, 1.54) is 0 Å². The molecule has 1 amide bonds. The Balaban J connectivity index is 2.10. The molecule has 1 aliphatic rings. The van der Waals surface area contributed by atoms with Crippen molar-refractivity contribution in [3.8, 4) is 5.75 Å². The Morgan fingerprint density at radius 3 is 2.68 bits per heavy atom. The Labute approximate surface area is 113 Å². The van der Waals surface area contributed by atoms with Gasteiger partial charge in [0.25, 0.3) is 0 Å². The summed E-state index contributed by atoms with van der Waals surface area (Å²) in [6, 6.07) is 7.74. The molecule has 5 heteroatoms. The second-order valence-electron chi connectivity index (χ2n) is 4.84. The number of para-hydroxylation sites is 2. The summed E-state index contributed by atoms with van der Waals surface area (Å²) in [4.78, 5) is 14.1. The molecular weight excluding hydrogens is 242 g/mol. The molecule has 1 heterocycles. The van der Waals surface area contributed by atoms with E-state index in [0.717, 1.165) is 12.2 Å². The molecule has 1 saturated heterocycles. The molecule has 1 fully saturated rings. The minimum atomic E-state index is -0.189. The molecule has 5 nitrogen and oxygen atoms in total. The molecule has 2 atom stereocenters. The highest BCUT2D eigenvalue weighted by Gasteiger charge is 2.27. The number of ether oxygens (including phenoxy) is 1. The lowest BCUT2D eigenvalue weighted by atomic mass is 10.1. The first-order valence-electron chi connectivity index (χ1n) is 6.51. The summed E-state index contributed by atoms with van der Waals surface area (Å²) in [7, 11) is 3.39. The van der Waals surface area contributed by atoms with Crippen molar-refractivity contribution in [1.29, 1.82) is 0 Å². The van der Waals surface area contributed by atoms with Crippen molar-refractivity contribution in [1.82, 2.24) is 10.6 Å². The molecule has 0 spiro atoms. The van der Waals surface area contributed by atoms with E-state index in [0.29, 0.717) is 18.3 Å². The van der Waals surface area contributed by atoms with E-state index in [-0.39, 0.29) is 11.9 Å². The minimum absolute atomic E-state index is 0.0453. The number of benzene rings is 1. The maximum absolute atomic E-state index is 12.4. The summed E-state index contributed by atoms with van der Waals surface area (Å²) in [6.07, 6.45) is 0. The molecule has 1 aliphatic heterocycles. The van der Waals surface area contributed by atoms with Crippen LogP contribution < -0.4 is 20.3 Å². The fraction of sp³-hybridized carbons (Fsp3) is 0.500. The number of anilines is 1. The first-order valence-corrected chi connectivity index (χ1v) is 6.51. The lowest BCUT2D eigenvalue weighted by Crippen LogP contribution is -2.59. The van der Waals surface area contributed by atoms with Gasteiger partial charge in [-0.3, -0.25) is 4.79 Å². The van der Waals surface area contributed by atoms with E-state index < -0.39 is 0 Å². The number of amides is 1. The van der Waals surface area contributed by atoms with Crippen LogP contribution in [0.4, 0.5) is 5.69 Å². The van der Waals surface area contributed by atoms with E-state index in [1.54, 1.807) is 19.1 Å². The smallest absolute Gasteiger partial charge is 0.245 e. The number of nitrogens with one attached hydrogen (secondary N) is 2. The van der Waals surface area contributed by atoms with Gasteiger partial charge in [-0.15, -0.1) is 0 Å². The Bertz CT molecular complexity index is 442. The molecule has 0 radical (unpaired) electrons. The van der Waals surface area contributed by atoms with Gasteiger partial charge in [0.05, 0.1) is 18.8 Å². The Morgan fingerprint density at radius 1 is 1.32 bits per heavy atom. The van der Waals surface area contributed by atoms with Crippen molar-refractivity contribution in [3.05, 3.63) is 24.3 Å². The minimum Gasteiger partial charge on any atom is -0.495 e. The van der Waals surface area contributed by atoms with E-state index in [4.69, 9.17) is 4.74 Å². The van der Waals surface area contributed by atoms with Gasteiger partial charge in [-0.2, -0.15) is 0 Å². The first kappa shape index (κ1) is 13.8. The normalized spacial score (nSPS) is 22.9. The van der Waals surface area contributed by atoms with Crippen LogP contribution in [0.25, 0.3) is 0 Å². The fourth-order valence-corrected chi connectivity index (χ4v) is 2.22. The zero-order valence-corrected chi connectivity index (χ0v) is 11.6. The number of likely N-dealkylation sites (N-methyl/N-ethyl adjacent to an activating group) is 1. The number of rotatable bonds is 3. The third kappa shape index (κ3) is 3.05. The molecule has 104 valence electrons. The zero-order chi connectivity index (χ0) is 13.8. The van der Waals surface area contributed by atoms with Crippen LogP contribution in [0.15, 0.2) is 24.3 Å². The summed E-state index contributed by atoms with van der Waals surface area (Å²) >= 11 is 0. The topological polar surface area (TPSA) is 53.6 Å². The summed E-state index contributed by atoms with van der Waals surface area (Å²) in [5.74, 6) is 0.749. The maximum Gasteiger partial charge on any atom is 0.245 e. The molecule has 0 saturated carbocycles. The predicted octanol–water partition coefficient (Wildman–Crippen LogP) is 0.608. The largest absolute Gasteiger partial charge is 0.495 e. The molecule has 1 aromatic carbocycles. The van der Waals surface area contributed by atoms with Gasteiger partial charge in [-0.1, -0.05) is 12.1 Å². The molecule has 1 aromatic rings. The summed E-state index contributed by atoms with van der Waals surface area (Å²) in [5, 5.41) is 6.57. The highest BCUT2D eigenvalue weighted by atomic mass is 16.5. The highest BCUT2D eigenvalue weighted by molar-refractivity contribution is 5.98. The quantitative estimate of drug-likeness (QED) is 0.839. The molecule has 0 aliphatic carbocycles. The van der Waals surface area contributed by atoms with Gasteiger partial charge >= 0.3 is 0 Å². The molecular formula is C14H21N3O2. The van der Waals surface area contributed by atoms with Crippen LogP contribution in [-0.4, -0.2) is 45.2 Å². The fourth-order valence-electron chi connectivity index (χ4n) is 2.22. The summed E-state index contributed by atoms with van der Waals surface area (Å²) < 4.78 is 5.29. The summed E-state index contributed by atoms with van der Waals surface area (Å²) in [5.41, 5.74) is 0.787. The van der Waals surface area contributed by atoms with Crippen LogP contribution in [0.2, 0.25) is 0 Å². The van der Waals surface area contributed by atoms with Gasteiger partial charge in [0.2, 0.25) is 5.91 Å². The van der Waals surface area contributed by atoms with Crippen molar-refractivity contribution in [2.45, 2.75) is 19.0 Å². The monoisotopic (exact) mass is 263 g/mol. The van der Waals surface area contributed by atoms with Crippen molar-refractivity contribution < 1.29 is 9.53 Å². The standard InChI is InChI=1S/C14H21N3O2/c1-10-8-16-11(9-15-10)14(18)17(2)12-6-4-5-7-13(12)19-3/h4-7,10-11,15-16H,8-9H2,1-3H3. The number of methoxy groups -OCH3 is 1. The average Bonchev–Trinajstić information content (AvgIpc) is 2.46. The second kappa shape index (κ2) is 6.04. The van der Waals surface area contributed by atoms with Crippen LogP contribution in [0.5, 0.6) is 5.75 Å². The van der Waals surface area contributed by atoms with Gasteiger partial charge < -0.3 is 20.3 Å². The Hall–Kier alpha value is -1.59. The molecule has 2 rings (SSSR count). The molecule has 2 N–H and O–H groups in total. The van der Waals surface area contributed by atoms with Crippen molar-refractivity contribution in [2.75, 3.05) is 32.1 Å². The van der Waals surface area contributed by atoms with Crippen LogP contribution in [0.1, 0.15) is 6.92 Å². The third-order valence-electron chi connectivity index (χ3n) is 3.42. The highest BCUT2D eigenvalue weighted by Crippen LogP contribution is 2.26. The molecule has 19 heavy (non-hydrogen) atoms. The van der Waals surface area contributed by atoms with Crippen molar-refractivity contribution >= 4 is 11.6 Å². The zero-order valence-electron chi connectivity index (χ0n) is 11.6. The van der Waals surface area contributed by atoms with E-state index >= 15 is 0 Å². The van der Waals surface area contributed by atoms with Crippen molar-refractivity contribution in [3.63, 3.8) is 0 Å². The number of piperazine rings is 1. The van der Waals surface area contributed by atoms with Crippen LogP contribution >= 0.6 is 0 Å². The predicted molar refractivity (Wildman–Crippen MR) is 75.7 cm³/mol. The number of carbonyl (C=O) groups excluding carboxylic acids is 1. The van der Waals surface area contributed by atoms with E-state index in [2.05, 4.69) is 17.6 Å². The SMILES string of the molecule is COc1ccccc1N(C)C(=O)C1CNC(C)CN1.